The molecule has 2 aromatic rings. The molecule has 168 valence electrons. The molecular formula is C24H31NO5S. The molecule has 1 aliphatic heterocycles. The molecule has 1 fully saturated rings. The number of carbonyl (C=O) groups is 1. The van der Waals surface area contributed by atoms with Crippen LogP contribution in [0.5, 0.6) is 5.75 Å². The molecule has 1 saturated heterocycles. The predicted octanol–water partition coefficient (Wildman–Crippen LogP) is 4.00. The fourth-order valence-corrected chi connectivity index (χ4v) is 5.76. The summed E-state index contributed by atoms with van der Waals surface area (Å²) < 4.78 is 30.6. The highest BCUT2D eigenvalue weighted by atomic mass is 32.2. The van der Waals surface area contributed by atoms with Crippen molar-refractivity contribution < 1.29 is 23.1 Å². The van der Waals surface area contributed by atoms with E-state index in [1.54, 1.807) is 12.1 Å². The molecule has 1 aliphatic rings. The van der Waals surface area contributed by atoms with Gasteiger partial charge in [-0.15, -0.1) is 0 Å². The molecular weight excluding hydrogens is 414 g/mol. The maximum absolute atomic E-state index is 13.4. The number of carboxylic acid groups (broad SMARTS) is 1. The lowest BCUT2D eigenvalue weighted by Gasteiger charge is -2.38. The highest BCUT2D eigenvalue weighted by molar-refractivity contribution is 7.93. The summed E-state index contributed by atoms with van der Waals surface area (Å²) in [7, 11) is -4.05. The summed E-state index contributed by atoms with van der Waals surface area (Å²) in [6.07, 6.45) is 1.02. The molecule has 0 bridgehead atoms. The van der Waals surface area contributed by atoms with Crippen molar-refractivity contribution in [2.75, 3.05) is 19.7 Å². The van der Waals surface area contributed by atoms with Crippen molar-refractivity contribution in [3.05, 3.63) is 60.2 Å². The summed E-state index contributed by atoms with van der Waals surface area (Å²) in [5.41, 5.74) is 1.13. The summed E-state index contributed by atoms with van der Waals surface area (Å²) in [6.45, 7) is 6.28. The van der Waals surface area contributed by atoms with Gasteiger partial charge in [-0.05, 0) is 55.0 Å². The molecule has 0 saturated carbocycles. The van der Waals surface area contributed by atoms with Crippen LogP contribution in [0.1, 0.15) is 38.7 Å². The smallest absolute Gasteiger partial charge is 0.325 e. The zero-order chi connectivity index (χ0) is 22.5. The molecule has 0 atom stereocenters. The van der Waals surface area contributed by atoms with Gasteiger partial charge in [-0.3, -0.25) is 9.69 Å². The summed E-state index contributed by atoms with van der Waals surface area (Å²) in [5.74, 6) is -0.173. The van der Waals surface area contributed by atoms with Crippen molar-refractivity contribution in [2.24, 2.45) is 5.92 Å². The van der Waals surface area contributed by atoms with E-state index in [-0.39, 0.29) is 17.7 Å². The van der Waals surface area contributed by atoms with E-state index in [9.17, 15) is 18.3 Å². The van der Waals surface area contributed by atoms with Gasteiger partial charge < -0.3 is 9.84 Å². The van der Waals surface area contributed by atoms with Gasteiger partial charge in [0.05, 0.1) is 11.5 Å². The average molecular weight is 446 g/mol. The summed E-state index contributed by atoms with van der Waals surface area (Å²) >= 11 is 0. The van der Waals surface area contributed by atoms with Gasteiger partial charge in [-0.1, -0.05) is 44.2 Å². The van der Waals surface area contributed by atoms with Crippen LogP contribution in [-0.4, -0.2) is 48.8 Å². The number of rotatable bonds is 9. The Balaban J connectivity index is 1.72. The Kier molecular flexibility index (Phi) is 7.38. The second-order valence-corrected chi connectivity index (χ2v) is 10.8. The normalized spacial score (nSPS) is 16.9. The summed E-state index contributed by atoms with van der Waals surface area (Å²) in [4.78, 5) is 14.4. The third kappa shape index (κ3) is 5.28. The van der Waals surface area contributed by atoms with Gasteiger partial charge in [0.1, 0.15) is 5.75 Å². The second-order valence-electron chi connectivity index (χ2n) is 8.57. The molecule has 2 aromatic carbocycles. The van der Waals surface area contributed by atoms with Crippen molar-refractivity contribution in [3.63, 3.8) is 0 Å². The van der Waals surface area contributed by atoms with Crippen LogP contribution < -0.4 is 4.74 Å². The zero-order valence-corrected chi connectivity index (χ0v) is 19.0. The Morgan fingerprint density at radius 2 is 1.68 bits per heavy atom. The van der Waals surface area contributed by atoms with Gasteiger partial charge in [0, 0.05) is 19.6 Å². The number of hydrogen-bond acceptors (Lipinski definition) is 5. The summed E-state index contributed by atoms with van der Waals surface area (Å²) in [5, 5.41) is 9.96. The monoisotopic (exact) mass is 445 g/mol. The van der Waals surface area contributed by atoms with Crippen molar-refractivity contribution in [1.82, 2.24) is 4.90 Å². The lowest BCUT2D eigenvalue weighted by atomic mass is 9.95. The first-order chi connectivity index (χ1) is 14.7. The molecule has 0 spiro atoms. The van der Waals surface area contributed by atoms with Crippen LogP contribution in [-0.2, 0) is 21.2 Å². The molecule has 0 amide bonds. The van der Waals surface area contributed by atoms with Gasteiger partial charge in [-0.25, -0.2) is 8.42 Å². The van der Waals surface area contributed by atoms with E-state index in [0.29, 0.717) is 37.9 Å². The zero-order valence-electron chi connectivity index (χ0n) is 18.2. The van der Waals surface area contributed by atoms with E-state index in [0.717, 1.165) is 12.0 Å². The first-order valence-corrected chi connectivity index (χ1v) is 12.2. The first-order valence-electron chi connectivity index (χ1n) is 10.7. The van der Waals surface area contributed by atoms with Gasteiger partial charge in [-0.2, -0.15) is 0 Å². The summed E-state index contributed by atoms with van der Waals surface area (Å²) in [6, 6.07) is 16.0. The van der Waals surface area contributed by atoms with Crippen LogP contribution in [0.15, 0.2) is 59.5 Å². The number of ether oxygens (including phenoxy) is 1. The van der Waals surface area contributed by atoms with Crippen molar-refractivity contribution >= 4 is 15.8 Å². The number of piperidine rings is 1. The Bertz CT molecular complexity index is 963. The number of aliphatic carboxylic acids is 1. The van der Waals surface area contributed by atoms with Crippen molar-refractivity contribution in [2.45, 2.75) is 49.3 Å². The quantitative estimate of drug-likeness (QED) is 0.628. The standard InChI is InChI=1S/C24H31NO5S/c1-19(2)12-17-30-21-8-10-22(11-9-21)31(28,29)24(23(26)27)13-15-25(16-14-24)18-20-6-4-3-5-7-20/h3-11,19H,12-18H2,1-2H3,(H,26,27). The molecule has 0 aliphatic carbocycles. The third-order valence-electron chi connectivity index (χ3n) is 5.91. The number of hydrogen-bond donors (Lipinski definition) is 1. The van der Waals surface area contributed by atoms with E-state index in [1.165, 1.54) is 12.1 Å². The molecule has 31 heavy (non-hydrogen) atoms. The van der Waals surface area contributed by atoms with Crippen LogP contribution in [0, 0.1) is 5.92 Å². The molecule has 7 heteroatoms. The maximum atomic E-state index is 13.4. The molecule has 1 N–H and O–H groups in total. The number of nitrogens with zero attached hydrogens (tertiary/aromatic N) is 1. The van der Waals surface area contributed by atoms with Crippen LogP contribution in [0.2, 0.25) is 0 Å². The minimum Gasteiger partial charge on any atom is -0.494 e. The lowest BCUT2D eigenvalue weighted by molar-refractivity contribution is -0.141. The molecule has 0 radical (unpaired) electrons. The molecule has 1 heterocycles. The van der Waals surface area contributed by atoms with Gasteiger partial charge in [0.25, 0.3) is 0 Å². The van der Waals surface area contributed by atoms with Gasteiger partial charge in [0.2, 0.25) is 0 Å². The van der Waals surface area contributed by atoms with Crippen LogP contribution >= 0.6 is 0 Å². The van der Waals surface area contributed by atoms with E-state index in [2.05, 4.69) is 18.7 Å². The van der Waals surface area contributed by atoms with Crippen LogP contribution in [0.3, 0.4) is 0 Å². The van der Waals surface area contributed by atoms with Crippen LogP contribution in [0.25, 0.3) is 0 Å². The first kappa shape index (κ1) is 23.3. The molecule has 3 rings (SSSR count). The highest BCUT2D eigenvalue weighted by Crippen LogP contribution is 2.37. The predicted molar refractivity (Wildman–Crippen MR) is 120 cm³/mol. The van der Waals surface area contributed by atoms with E-state index < -0.39 is 20.6 Å². The van der Waals surface area contributed by atoms with E-state index >= 15 is 0 Å². The highest BCUT2D eigenvalue weighted by Gasteiger charge is 2.53. The Labute approximate surface area is 184 Å². The van der Waals surface area contributed by atoms with Crippen molar-refractivity contribution in [1.29, 1.82) is 0 Å². The molecule has 0 aromatic heterocycles. The minimum absolute atomic E-state index is 0.0302. The largest absolute Gasteiger partial charge is 0.494 e. The number of carboxylic acids is 1. The number of benzene rings is 2. The lowest BCUT2D eigenvalue weighted by Crippen LogP contribution is -2.54. The molecule has 0 unspecified atom stereocenters. The fraction of sp³-hybridized carbons (Fsp3) is 0.458. The number of sulfone groups is 1. The maximum Gasteiger partial charge on any atom is 0.325 e. The number of likely N-dealkylation sites (tertiary alicyclic amines) is 1. The topological polar surface area (TPSA) is 83.9 Å². The second kappa shape index (κ2) is 9.83. The van der Waals surface area contributed by atoms with E-state index in [1.807, 2.05) is 30.3 Å². The van der Waals surface area contributed by atoms with Crippen LogP contribution in [0.4, 0.5) is 0 Å². The van der Waals surface area contributed by atoms with E-state index in [4.69, 9.17) is 4.74 Å². The molecule has 6 nitrogen and oxygen atoms in total. The third-order valence-corrected chi connectivity index (χ3v) is 8.42. The Morgan fingerprint density at radius 1 is 1.06 bits per heavy atom. The fourth-order valence-electron chi connectivity index (χ4n) is 3.86. The Morgan fingerprint density at radius 3 is 2.23 bits per heavy atom. The van der Waals surface area contributed by atoms with Crippen molar-refractivity contribution in [3.8, 4) is 5.75 Å². The SMILES string of the molecule is CC(C)CCOc1ccc(S(=O)(=O)C2(C(=O)O)CCN(Cc3ccccc3)CC2)cc1. The average Bonchev–Trinajstić information content (AvgIpc) is 2.75. The van der Waals surface area contributed by atoms with Gasteiger partial charge in [0.15, 0.2) is 14.6 Å². The Hall–Kier alpha value is -2.38. The van der Waals surface area contributed by atoms with Gasteiger partial charge >= 0.3 is 5.97 Å². The minimum atomic E-state index is -4.05.